The van der Waals surface area contributed by atoms with E-state index in [0.29, 0.717) is 28.6 Å². The summed E-state index contributed by atoms with van der Waals surface area (Å²) < 4.78 is 7.25. The van der Waals surface area contributed by atoms with Crippen molar-refractivity contribution in [2.45, 2.75) is 25.8 Å². The van der Waals surface area contributed by atoms with Crippen LogP contribution in [0.5, 0.6) is 5.75 Å². The maximum atomic E-state index is 12.8. The number of benzene rings is 2. The monoisotopic (exact) mass is 497 g/mol. The van der Waals surface area contributed by atoms with Gasteiger partial charge in [-0.25, -0.2) is 14.6 Å². The summed E-state index contributed by atoms with van der Waals surface area (Å²) in [5, 5.41) is 5.55. The highest BCUT2D eigenvalue weighted by Gasteiger charge is 2.25. The number of hydrogen-bond donors (Lipinski definition) is 1. The normalized spacial score (nSPS) is 13.5. The molecule has 0 spiro atoms. The van der Waals surface area contributed by atoms with Crippen molar-refractivity contribution in [2.24, 2.45) is 0 Å². The Kier molecular flexibility index (Phi) is 6.62. The maximum absolute atomic E-state index is 12.8. The van der Waals surface area contributed by atoms with Gasteiger partial charge in [0, 0.05) is 37.0 Å². The molecule has 190 valence electrons. The Hall–Kier alpha value is -4.24. The van der Waals surface area contributed by atoms with E-state index >= 15 is 0 Å². The Labute approximate surface area is 216 Å². The van der Waals surface area contributed by atoms with Crippen molar-refractivity contribution >= 4 is 28.4 Å². The van der Waals surface area contributed by atoms with Crippen molar-refractivity contribution in [3.63, 3.8) is 0 Å². The van der Waals surface area contributed by atoms with Crippen molar-refractivity contribution in [1.29, 1.82) is 0 Å². The number of nitrogen functional groups attached to an aromatic ring is 1. The van der Waals surface area contributed by atoms with E-state index in [1.165, 1.54) is 19.2 Å². The summed E-state index contributed by atoms with van der Waals surface area (Å²) in [6, 6.07) is 14.2. The molecular formula is C28H31N7O2. The molecule has 0 aliphatic heterocycles. The topological polar surface area (TPSA) is 102 Å². The fourth-order valence-electron chi connectivity index (χ4n) is 4.38. The molecule has 1 aliphatic rings. The lowest BCUT2D eigenvalue weighted by Crippen LogP contribution is -2.25. The number of rotatable bonds is 8. The van der Waals surface area contributed by atoms with Crippen LogP contribution >= 0.6 is 0 Å². The molecule has 2 heterocycles. The molecule has 2 aromatic heterocycles. The third-order valence-electron chi connectivity index (χ3n) is 6.79. The first kappa shape index (κ1) is 24.5. The summed E-state index contributed by atoms with van der Waals surface area (Å²) in [6.45, 7) is 2.75. The third kappa shape index (κ3) is 4.90. The molecule has 2 N–H and O–H groups in total. The molecule has 0 bridgehead atoms. The lowest BCUT2D eigenvalue weighted by Gasteiger charge is -2.17. The lowest BCUT2D eigenvalue weighted by molar-refractivity contribution is -0.113. The van der Waals surface area contributed by atoms with Gasteiger partial charge in [-0.05, 0) is 56.6 Å². The zero-order valence-electron chi connectivity index (χ0n) is 21.5. The van der Waals surface area contributed by atoms with Crippen LogP contribution in [0, 0.1) is 6.92 Å². The van der Waals surface area contributed by atoms with Crippen LogP contribution in [0.25, 0.3) is 28.0 Å². The molecule has 9 nitrogen and oxygen atoms in total. The summed E-state index contributed by atoms with van der Waals surface area (Å²) in [5.74, 6) is 1.01. The van der Waals surface area contributed by atoms with Gasteiger partial charge in [-0.2, -0.15) is 5.10 Å². The Bertz CT molecular complexity index is 1490. The van der Waals surface area contributed by atoms with Crippen LogP contribution in [0.15, 0.2) is 60.9 Å². The van der Waals surface area contributed by atoms with Crippen molar-refractivity contribution in [3.8, 4) is 22.7 Å². The first-order chi connectivity index (χ1) is 17.9. The Morgan fingerprint density at radius 1 is 1.19 bits per heavy atom. The van der Waals surface area contributed by atoms with Gasteiger partial charge in [0.1, 0.15) is 23.6 Å². The average molecular weight is 498 g/mol. The molecule has 0 radical (unpaired) electrons. The number of nitrogens with two attached hydrogens (primary N) is 1. The van der Waals surface area contributed by atoms with Crippen LogP contribution in [0.2, 0.25) is 0 Å². The molecule has 5 rings (SSSR count). The fourth-order valence-corrected chi connectivity index (χ4v) is 4.38. The quantitative estimate of drug-likeness (QED) is 0.367. The van der Waals surface area contributed by atoms with E-state index in [4.69, 9.17) is 15.6 Å². The predicted octanol–water partition coefficient (Wildman–Crippen LogP) is 3.99. The summed E-state index contributed by atoms with van der Waals surface area (Å²) in [4.78, 5) is 25.4. The zero-order chi connectivity index (χ0) is 26.1. The number of ether oxygens (including phenoxy) is 1. The molecule has 37 heavy (non-hydrogen) atoms. The van der Waals surface area contributed by atoms with E-state index in [1.807, 2.05) is 55.5 Å². The zero-order valence-corrected chi connectivity index (χ0v) is 21.5. The number of carbonyl (C=O) groups is 1. The fraction of sp³-hybridized carbons (Fsp3) is 0.286. The summed E-state index contributed by atoms with van der Waals surface area (Å²) in [5.41, 5.74) is 10.9. The lowest BCUT2D eigenvalue weighted by atomic mass is 10.1. The van der Waals surface area contributed by atoms with Crippen LogP contribution in [0.1, 0.15) is 18.4 Å². The molecule has 4 aromatic rings. The SMILES string of the molecule is COc1cc(-c2nn(-c3cccc(N(C)C(=O)C=CCN(C)C4CC4)c3)c3ncnc(N)c23)ccc1C. The highest BCUT2D eigenvalue weighted by atomic mass is 16.5. The van der Waals surface area contributed by atoms with E-state index in [9.17, 15) is 4.79 Å². The minimum atomic E-state index is -0.0920. The van der Waals surface area contributed by atoms with E-state index in [-0.39, 0.29) is 5.91 Å². The molecule has 1 amide bonds. The van der Waals surface area contributed by atoms with Gasteiger partial charge < -0.3 is 15.4 Å². The average Bonchev–Trinajstić information content (AvgIpc) is 3.69. The first-order valence-electron chi connectivity index (χ1n) is 12.3. The minimum absolute atomic E-state index is 0.0920. The number of hydrogen-bond acceptors (Lipinski definition) is 7. The number of carbonyl (C=O) groups excluding carboxylic acids is 1. The molecule has 1 saturated carbocycles. The Morgan fingerprint density at radius 3 is 2.76 bits per heavy atom. The second-order valence-electron chi connectivity index (χ2n) is 9.39. The number of amides is 1. The molecule has 0 unspecified atom stereocenters. The van der Waals surface area contributed by atoms with Crippen LogP contribution in [-0.4, -0.2) is 64.3 Å². The minimum Gasteiger partial charge on any atom is -0.496 e. The van der Waals surface area contributed by atoms with Crippen molar-refractivity contribution in [3.05, 3.63) is 66.5 Å². The molecule has 2 aromatic carbocycles. The van der Waals surface area contributed by atoms with Crippen LogP contribution in [0.3, 0.4) is 0 Å². The van der Waals surface area contributed by atoms with Crippen LogP contribution in [0.4, 0.5) is 11.5 Å². The largest absolute Gasteiger partial charge is 0.496 e. The van der Waals surface area contributed by atoms with Gasteiger partial charge in [-0.1, -0.05) is 24.3 Å². The Morgan fingerprint density at radius 2 is 2.00 bits per heavy atom. The van der Waals surface area contributed by atoms with E-state index in [2.05, 4.69) is 21.9 Å². The third-order valence-corrected chi connectivity index (χ3v) is 6.79. The smallest absolute Gasteiger partial charge is 0.250 e. The highest BCUT2D eigenvalue weighted by Crippen LogP contribution is 2.34. The van der Waals surface area contributed by atoms with Crippen molar-refractivity contribution in [1.82, 2.24) is 24.6 Å². The van der Waals surface area contributed by atoms with E-state index < -0.39 is 0 Å². The van der Waals surface area contributed by atoms with Crippen LogP contribution in [-0.2, 0) is 4.79 Å². The van der Waals surface area contributed by atoms with Gasteiger partial charge in [0.15, 0.2) is 5.65 Å². The number of methoxy groups -OCH3 is 1. The molecule has 1 fully saturated rings. The van der Waals surface area contributed by atoms with E-state index in [0.717, 1.165) is 34.8 Å². The second-order valence-corrected chi connectivity index (χ2v) is 9.39. The van der Waals surface area contributed by atoms with Crippen molar-refractivity contribution < 1.29 is 9.53 Å². The standard InChI is InChI=1S/C28H31N7O2/c1-18-10-11-19(15-23(18)37-4)26-25-27(29)30-17-31-28(25)35(32-26)22-8-5-7-21(16-22)34(3)24(36)9-6-14-33(2)20-12-13-20/h5-11,15-17,20H,12-14H2,1-4H3,(H2,29,30,31). The van der Waals surface area contributed by atoms with Gasteiger partial charge in [0.05, 0.1) is 18.2 Å². The van der Waals surface area contributed by atoms with E-state index in [1.54, 1.807) is 29.8 Å². The summed E-state index contributed by atoms with van der Waals surface area (Å²) >= 11 is 0. The number of fused-ring (bicyclic) bond motifs is 1. The van der Waals surface area contributed by atoms with Gasteiger partial charge in [0.25, 0.3) is 0 Å². The number of aryl methyl sites for hydroxylation is 1. The van der Waals surface area contributed by atoms with Gasteiger partial charge in [0.2, 0.25) is 5.91 Å². The number of nitrogens with zero attached hydrogens (tertiary/aromatic N) is 6. The molecule has 0 saturated heterocycles. The summed E-state index contributed by atoms with van der Waals surface area (Å²) in [7, 11) is 5.50. The maximum Gasteiger partial charge on any atom is 0.250 e. The van der Waals surface area contributed by atoms with Gasteiger partial charge >= 0.3 is 0 Å². The molecular weight excluding hydrogens is 466 g/mol. The molecule has 1 aliphatic carbocycles. The van der Waals surface area contributed by atoms with Crippen molar-refractivity contribution in [2.75, 3.05) is 38.4 Å². The van der Waals surface area contributed by atoms with Gasteiger partial charge in [-0.15, -0.1) is 0 Å². The summed E-state index contributed by atoms with van der Waals surface area (Å²) in [6.07, 6.45) is 7.46. The highest BCUT2D eigenvalue weighted by molar-refractivity contribution is 6.01. The predicted molar refractivity (Wildman–Crippen MR) is 146 cm³/mol. The second kappa shape index (κ2) is 10.0. The van der Waals surface area contributed by atoms with Crippen LogP contribution < -0.4 is 15.4 Å². The molecule has 9 heteroatoms. The molecule has 0 atom stereocenters. The first-order valence-corrected chi connectivity index (χ1v) is 12.3. The Balaban J connectivity index is 1.49. The number of aromatic nitrogens is 4. The number of anilines is 2. The number of likely N-dealkylation sites (N-methyl/N-ethyl adjacent to an activating group) is 2. The van der Waals surface area contributed by atoms with Gasteiger partial charge in [-0.3, -0.25) is 9.69 Å².